The van der Waals surface area contributed by atoms with Crippen LogP contribution in [0.25, 0.3) is 0 Å². The molecule has 0 saturated carbocycles. The van der Waals surface area contributed by atoms with Gasteiger partial charge in [-0.2, -0.15) is 0 Å². The molecule has 1 aromatic carbocycles. The highest BCUT2D eigenvalue weighted by Gasteiger charge is 2.24. The van der Waals surface area contributed by atoms with E-state index in [0.717, 1.165) is 5.75 Å². The second-order valence-corrected chi connectivity index (χ2v) is 6.09. The Labute approximate surface area is 109 Å². The molecule has 1 N–H and O–H groups in total. The van der Waals surface area contributed by atoms with Gasteiger partial charge < -0.3 is 10.1 Å². The van der Waals surface area contributed by atoms with Crippen molar-refractivity contribution in [3.63, 3.8) is 0 Å². The number of rotatable bonds is 3. The Morgan fingerprint density at radius 2 is 2.11 bits per heavy atom. The fourth-order valence-electron chi connectivity index (χ4n) is 2.18. The van der Waals surface area contributed by atoms with Crippen LogP contribution in [0.1, 0.15) is 38.7 Å². The Kier molecular flexibility index (Phi) is 3.60. The Hall–Kier alpha value is -1.51. The highest BCUT2D eigenvalue weighted by Crippen LogP contribution is 2.32. The van der Waals surface area contributed by atoms with Crippen LogP contribution in [0.3, 0.4) is 0 Å². The molecule has 1 unspecified atom stereocenters. The number of hydrogen-bond donors (Lipinski definition) is 1. The summed E-state index contributed by atoms with van der Waals surface area (Å²) < 4.78 is 5.59. The lowest BCUT2D eigenvalue weighted by molar-refractivity contribution is -0.122. The summed E-state index contributed by atoms with van der Waals surface area (Å²) in [4.78, 5) is 11.8. The second-order valence-electron chi connectivity index (χ2n) is 6.09. The molecule has 2 rings (SSSR count). The summed E-state index contributed by atoms with van der Waals surface area (Å²) in [5, 5.41) is 3.00. The molecule has 0 spiro atoms. The van der Waals surface area contributed by atoms with Gasteiger partial charge in [0, 0.05) is 24.4 Å². The van der Waals surface area contributed by atoms with E-state index in [1.807, 2.05) is 18.2 Å². The molecule has 0 aliphatic carbocycles. The van der Waals surface area contributed by atoms with Crippen LogP contribution in [-0.4, -0.2) is 19.1 Å². The van der Waals surface area contributed by atoms with Crippen molar-refractivity contribution in [2.45, 2.75) is 33.1 Å². The molecule has 0 aromatic heterocycles. The third kappa shape index (κ3) is 3.25. The minimum Gasteiger partial charge on any atom is -0.493 e. The number of hydrogen-bond acceptors (Lipinski definition) is 2. The molecule has 0 radical (unpaired) electrons. The average Bonchev–Trinajstić information content (AvgIpc) is 2.67. The molecule has 98 valence electrons. The van der Waals surface area contributed by atoms with Gasteiger partial charge in [-0.3, -0.25) is 4.79 Å². The molecule has 3 heteroatoms. The van der Waals surface area contributed by atoms with Gasteiger partial charge in [0.05, 0.1) is 6.61 Å². The average molecular weight is 247 g/mol. The van der Waals surface area contributed by atoms with Gasteiger partial charge in [-0.1, -0.05) is 39.0 Å². The zero-order valence-corrected chi connectivity index (χ0v) is 11.3. The van der Waals surface area contributed by atoms with E-state index < -0.39 is 0 Å². The maximum absolute atomic E-state index is 11.8. The number of carbonyl (C=O) groups excluding carboxylic acids is 1. The van der Waals surface area contributed by atoms with E-state index >= 15 is 0 Å². The number of benzene rings is 1. The lowest BCUT2D eigenvalue weighted by atomic mass is 9.92. The largest absolute Gasteiger partial charge is 0.493 e. The Morgan fingerprint density at radius 1 is 1.39 bits per heavy atom. The molecule has 1 amide bonds. The standard InChI is InChI=1S/C15H21NO2/c1-15(2,3)8-14(17)16-9-11-10-18-13-7-5-4-6-12(11)13/h4-7,11H,8-10H2,1-3H3,(H,16,17). The summed E-state index contributed by atoms with van der Waals surface area (Å²) in [5.41, 5.74) is 1.24. The van der Waals surface area contributed by atoms with Crippen LogP contribution < -0.4 is 10.1 Å². The molecule has 0 saturated heterocycles. The van der Waals surface area contributed by atoms with Gasteiger partial charge in [-0.15, -0.1) is 0 Å². The fourth-order valence-corrected chi connectivity index (χ4v) is 2.18. The van der Waals surface area contributed by atoms with Gasteiger partial charge in [0.2, 0.25) is 5.91 Å². The van der Waals surface area contributed by atoms with E-state index in [1.54, 1.807) is 0 Å². The van der Waals surface area contributed by atoms with Crippen LogP contribution in [0.4, 0.5) is 0 Å². The van der Waals surface area contributed by atoms with Gasteiger partial charge in [-0.25, -0.2) is 0 Å². The van der Waals surface area contributed by atoms with Crippen molar-refractivity contribution in [2.24, 2.45) is 5.41 Å². The van der Waals surface area contributed by atoms with Crippen molar-refractivity contribution in [1.29, 1.82) is 0 Å². The van der Waals surface area contributed by atoms with Crippen LogP contribution >= 0.6 is 0 Å². The highest BCUT2D eigenvalue weighted by atomic mass is 16.5. The molecular weight excluding hydrogens is 226 g/mol. The first-order valence-corrected chi connectivity index (χ1v) is 6.44. The molecule has 1 aromatic rings. The van der Waals surface area contributed by atoms with Crippen molar-refractivity contribution in [3.8, 4) is 5.75 Å². The van der Waals surface area contributed by atoms with Crippen LogP contribution in [-0.2, 0) is 4.79 Å². The van der Waals surface area contributed by atoms with Crippen LogP contribution in [0.5, 0.6) is 5.75 Å². The number of carbonyl (C=O) groups is 1. The third-order valence-corrected chi connectivity index (χ3v) is 3.04. The molecule has 1 atom stereocenters. The summed E-state index contributed by atoms with van der Waals surface area (Å²) in [7, 11) is 0. The van der Waals surface area contributed by atoms with E-state index in [-0.39, 0.29) is 17.2 Å². The van der Waals surface area contributed by atoms with E-state index in [1.165, 1.54) is 5.56 Å². The topological polar surface area (TPSA) is 38.3 Å². The molecular formula is C15H21NO2. The third-order valence-electron chi connectivity index (χ3n) is 3.04. The van der Waals surface area contributed by atoms with Gasteiger partial charge in [0.25, 0.3) is 0 Å². The van der Waals surface area contributed by atoms with Crippen molar-refractivity contribution in [2.75, 3.05) is 13.2 Å². The first-order chi connectivity index (χ1) is 8.46. The minimum atomic E-state index is 0.0359. The molecule has 1 aliphatic rings. The Bertz CT molecular complexity index is 434. The predicted molar refractivity (Wildman–Crippen MR) is 71.8 cm³/mol. The van der Waals surface area contributed by atoms with Gasteiger partial charge in [0.1, 0.15) is 5.75 Å². The van der Waals surface area contributed by atoms with Crippen molar-refractivity contribution >= 4 is 5.91 Å². The van der Waals surface area contributed by atoms with Crippen molar-refractivity contribution in [1.82, 2.24) is 5.32 Å². The quantitative estimate of drug-likeness (QED) is 0.892. The van der Waals surface area contributed by atoms with Crippen molar-refractivity contribution < 1.29 is 9.53 Å². The number of nitrogens with one attached hydrogen (secondary N) is 1. The van der Waals surface area contributed by atoms with E-state index in [4.69, 9.17) is 4.74 Å². The zero-order chi connectivity index (χ0) is 13.2. The van der Waals surface area contributed by atoms with E-state index in [0.29, 0.717) is 19.6 Å². The number of amides is 1. The summed E-state index contributed by atoms with van der Waals surface area (Å²) in [5.74, 6) is 1.35. The Morgan fingerprint density at radius 3 is 2.83 bits per heavy atom. The fraction of sp³-hybridized carbons (Fsp3) is 0.533. The summed E-state index contributed by atoms with van der Waals surface area (Å²) >= 11 is 0. The smallest absolute Gasteiger partial charge is 0.220 e. The van der Waals surface area contributed by atoms with Crippen LogP contribution in [0.2, 0.25) is 0 Å². The highest BCUT2D eigenvalue weighted by molar-refractivity contribution is 5.76. The number of para-hydroxylation sites is 1. The zero-order valence-electron chi connectivity index (χ0n) is 11.3. The van der Waals surface area contributed by atoms with Crippen LogP contribution in [0.15, 0.2) is 24.3 Å². The lowest BCUT2D eigenvalue weighted by Gasteiger charge is -2.18. The summed E-state index contributed by atoms with van der Waals surface area (Å²) in [6, 6.07) is 8.03. The summed E-state index contributed by atoms with van der Waals surface area (Å²) in [6.45, 7) is 7.53. The van der Waals surface area contributed by atoms with E-state index in [2.05, 4.69) is 32.2 Å². The van der Waals surface area contributed by atoms with E-state index in [9.17, 15) is 4.79 Å². The SMILES string of the molecule is CC(C)(C)CC(=O)NCC1COc2ccccc21. The second kappa shape index (κ2) is 5.01. The molecule has 1 aliphatic heterocycles. The molecule has 3 nitrogen and oxygen atoms in total. The van der Waals surface area contributed by atoms with Crippen LogP contribution in [0, 0.1) is 5.41 Å². The molecule has 18 heavy (non-hydrogen) atoms. The number of ether oxygens (including phenoxy) is 1. The Balaban J connectivity index is 1.87. The molecule has 0 fully saturated rings. The number of fused-ring (bicyclic) bond motifs is 1. The maximum Gasteiger partial charge on any atom is 0.220 e. The van der Waals surface area contributed by atoms with Gasteiger partial charge in [-0.05, 0) is 11.5 Å². The first-order valence-electron chi connectivity index (χ1n) is 6.44. The van der Waals surface area contributed by atoms with Crippen molar-refractivity contribution in [3.05, 3.63) is 29.8 Å². The predicted octanol–water partition coefficient (Wildman–Crippen LogP) is 2.72. The van der Waals surface area contributed by atoms with Gasteiger partial charge in [0.15, 0.2) is 0 Å². The normalized spacial score (nSPS) is 18.1. The monoisotopic (exact) mass is 247 g/mol. The summed E-state index contributed by atoms with van der Waals surface area (Å²) in [6.07, 6.45) is 0.558. The molecule has 1 heterocycles. The lowest BCUT2D eigenvalue weighted by Crippen LogP contribution is -2.31. The maximum atomic E-state index is 11.8. The molecule has 0 bridgehead atoms. The minimum absolute atomic E-state index is 0.0359. The van der Waals surface area contributed by atoms with Gasteiger partial charge >= 0.3 is 0 Å². The first kappa shape index (κ1) is 12.9.